The van der Waals surface area contributed by atoms with Gasteiger partial charge in [0.1, 0.15) is 5.82 Å². The Balaban J connectivity index is 1.39. The number of nitrogens with one attached hydrogen (secondary N) is 2. The van der Waals surface area contributed by atoms with E-state index in [2.05, 4.69) is 25.8 Å². The fourth-order valence-corrected chi connectivity index (χ4v) is 4.91. The normalized spacial score (nSPS) is 12.0. The van der Waals surface area contributed by atoms with Gasteiger partial charge in [0.25, 0.3) is 5.91 Å². The van der Waals surface area contributed by atoms with Gasteiger partial charge in [-0.05, 0) is 38.1 Å². The number of rotatable bonds is 8. The fourth-order valence-electron chi connectivity index (χ4n) is 3.22. The summed E-state index contributed by atoms with van der Waals surface area (Å²) in [6.45, 7) is 4.22. The van der Waals surface area contributed by atoms with Crippen molar-refractivity contribution < 1.29 is 14.0 Å². The average molecular weight is 485 g/mol. The molecule has 8 nitrogen and oxygen atoms in total. The Morgan fingerprint density at radius 3 is 2.67 bits per heavy atom. The quantitative estimate of drug-likeness (QED) is 0.362. The lowest BCUT2D eigenvalue weighted by molar-refractivity contribution is -0.113. The van der Waals surface area contributed by atoms with Crippen molar-refractivity contribution in [1.82, 2.24) is 25.1 Å². The Kier molecular flexibility index (Phi) is 6.99. The number of carbonyl (C=O) groups is 2. The minimum Gasteiger partial charge on any atom is -0.342 e. The summed E-state index contributed by atoms with van der Waals surface area (Å²) < 4.78 is 16.7. The number of thiazole rings is 1. The zero-order valence-corrected chi connectivity index (χ0v) is 19.5. The first-order valence-corrected chi connectivity index (χ1v) is 12.0. The second kappa shape index (κ2) is 10.1. The molecule has 4 rings (SSSR count). The molecule has 0 aliphatic carbocycles. The van der Waals surface area contributed by atoms with Gasteiger partial charge in [0.15, 0.2) is 16.1 Å². The molecule has 2 aromatic heterocycles. The number of benzene rings is 2. The summed E-state index contributed by atoms with van der Waals surface area (Å²) in [5.41, 5.74) is 0.806. The van der Waals surface area contributed by atoms with Crippen molar-refractivity contribution >= 4 is 50.3 Å². The fraction of sp³-hybridized carbons (Fsp3) is 0.227. The number of para-hydroxylation sites is 1. The van der Waals surface area contributed by atoms with Crippen LogP contribution in [0, 0.1) is 5.82 Å². The summed E-state index contributed by atoms with van der Waals surface area (Å²) >= 11 is 2.66. The molecule has 11 heteroatoms. The highest BCUT2D eigenvalue weighted by Crippen LogP contribution is 2.26. The molecule has 0 spiro atoms. The lowest BCUT2D eigenvalue weighted by atomic mass is 10.2. The van der Waals surface area contributed by atoms with E-state index in [1.54, 1.807) is 13.0 Å². The molecule has 2 amide bonds. The number of hydrogen-bond acceptors (Lipinski definition) is 7. The van der Waals surface area contributed by atoms with E-state index in [0.29, 0.717) is 22.7 Å². The van der Waals surface area contributed by atoms with Gasteiger partial charge in [0.05, 0.1) is 27.6 Å². The van der Waals surface area contributed by atoms with E-state index in [9.17, 15) is 14.0 Å². The second-order valence-electron chi connectivity index (χ2n) is 7.08. The molecule has 0 aliphatic rings. The maximum Gasteiger partial charge on any atom is 0.254 e. The van der Waals surface area contributed by atoms with Gasteiger partial charge in [-0.25, -0.2) is 9.37 Å². The standard InChI is InChI=1S/C22H21FN6O2S2/c1-3-29-19(13(2)24-20(31)14-8-4-5-9-15(14)23)27-28-22(29)32-12-18(30)26-21-25-16-10-6-7-11-17(16)33-21/h4-11,13H,3,12H2,1-2H3,(H,24,31)(H,25,26,30). The summed E-state index contributed by atoms with van der Waals surface area (Å²) in [4.78, 5) is 29.3. The zero-order chi connectivity index (χ0) is 23.4. The summed E-state index contributed by atoms with van der Waals surface area (Å²) in [5, 5.41) is 15.0. The Bertz CT molecular complexity index is 1270. The van der Waals surface area contributed by atoms with E-state index < -0.39 is 17.8 Å². The van der Waals surface area contributed by atoms with Crippen molar-refractivity contribution in [1.29, 1.82) is 0 Å². The third-order valence-electron chi connectivity index (χ3n) is 4.79. The van der Waals surface area contributed by atoms with Crippen LogP contribution in [0.1, 0.15) is 36.1 Å². The van der Waals surface area contributed by atoms with Gasteiger partial charge in [-0.3, -0.25) is 9.59 Å². The minimum atomic E-state index is -0.588. The van der Waals surface area contributed by atoms with Gasteiger partial charge in [-0.2, -0.15) is 0 Å². The van der Waals surface area contributed by atoms with E-state index in [1.807, 2.05) is 35.8 Å². The SMILES string of the molecule is CCn1c(SCC(=O)Nc2nc3ccccc3s2)nnc1C(C)NC(=O)c1ccccc1F. The lowest BCUT2D eigenvalue weighted by Crippen LogP contribution is -2.29. The Morgan fingerprint density at radius 1 is 1.15 bits per heavy atom. The van der Waals surface area contributed by atoms with Crippen molar-refractivity contribution in [3.8, 4) is 0 Å². The van der Waals surface area contributed by atoms with Crippen LogP contribution in [0.15, 0.2) is 53.7 Å². The number of hydrogen-bond donors (Lipinski definition) is 2. The van der Waals surface area contributed by atoms with Crippen LogP contribution in [-0.4, -0.2) is 37.3 Å². The maximum absolute atomic E-state index is 13.9. The van der Waals surface area contributed by atoms with E-state index in [4.69, 9.17) is 0 Å². The first-order valence-electron chi connectivity index (χ1n) is 10.2. The molecule has 2 N–H and O–H groups in total. The molecule has 33 heavy (non-hydrogen) atoms. The molecule has 170 valence electrons. The molecule has 0 bridgehead atoms. The minimum absolute atomic E-state index is 0.0342. The van der Waals surface area contributed by atoms with Crippen LogP contribution in [0.5, 0.6) is 0 Å². The Labute approximate surface area is 197 Å². The van der Waals surface area contributed by atoms with Gasteiger partial charge in [-0.1, -0.05) is 47.4 Å². The molecular weight excluding hydrogens is 463 g/mol. The molecule has 4 aromatic rings. The molecule has 0 saturated carbocycles. The summed E-state index contributed by atoms with van der Waals surface area (Å²) in [6.07, 6.45) is 0. The smallest absolute Gasteiger partial charge is 0.254 e. The topological polar surface area (TPSA) is 102 Å². The monoisotopic (exact) mass is 484 g/mol. The number of thioether (sulfide) groups is 1. The average Bonchev–Trinajstić information content (AvgIpc) is 3.40. The molecule has 1 unspecified atom stereocenters. The third-order valence-corrected chi connectivity index (χ3v) is 6.71. The Hall–Kier alpha value is -3.31. The number of fused-ring (bicyclic) bond motifs is 1. The number of halogens is 1. The predicted octanol–water partition coefficient (Wildman–Crippen LogP) is 4.27. The van der Waals surface area contributed by atoms with Crippen LogP contribution in [0.25, 0.3) is 10.2 Å². The van der Waals surface area contributed by atoms with Crippen molar-refractivity contribution in [3.05, 3.63) is 65.7 Å². The van der Waals surface area contributed by atoms with Crippen LogP contribution < -0.4 is 10.6 Å². The van der Waals surface area contributed by atoms with E-state index in [-0.39, 0.29) is 17.2 Å². The Morgan fingerprint density at radius 2 is 1.91 bits per heavy atom. The lowest BCUT2D eigenvalue weighted by Gasteiger charge is -2.15. The number of nitrogens with zero attached hydrogens (tertiary/aromatic N) is 4. The van der Waals surface area contributed by atoms with Crippen molar-refractivity contribution in [2.75, 3.05) is 11.1 Å². The van der Waals surface area contributed by atoms with Crippen molar-refractivity contribution in [3.63, 3.8) is 0 Å². The first-order chi connectivity index (χ1) is 16.0. The van der Waals surface area contributed by atoms with Gasteiger partial charge >= 0.3 is 0 Å². The molecule has 0 fully saturated rings. The maximum atomic E-state index is 13.9. The molecule has 2 aromatic carbocycles. The molecule has 0 aliphatic heterocycles. The van der Waals surface area contributed by atoms with Crippen molar-refractivity contribution in [2.45, 2.75) is 31.6 Å². The predicted molar refractivity (Wildman–Crippen MR) is 127 cm³/mol. The van der Waals surface area contributed by atoms with E-state index in [1.165, 1.54) is 41.3 Å². The molecule has 0 saturated heterocycles. The van der Waals surface area contributed by atoms with E-state index >= 15 is 0 Å². The second-order valence-corrected chi connectivity index (χ2v) is 9.06. The number of aromatic nitrogens is 4. The van der Waals surface area contributed by atoms with Crippen molar-refractivity contribution in [2.24, 2.45) is 0 Å². The third kappa shape index (κ3) is 5.20. The molecule has 2 heterocycles. The summed E-state index contributed by atoms with van der Waals surface area (Å²) in [5.74, 6) is -0.669. The van der Waals surface area contributed by atoms with Gasteiger partial charge in [-0.15, -0.1) is 10.2 Å². The summed E-state index contributed by atoms with van der Waals surface area (Å²) in [6, 6.07) is 13.0. The highest BCUT2D eigenvalue weighted by atomic mass is 32.2. The highest BCUT2D eigenvalue weighted by molar-refractivity contribution is 7.99. The highest BCUT2D eigenvalue weighted by Gasteiger charge is 2.21. The van der Waals surface area contributed by atoms with Crippen LogP contribution in [0.4, 0.5) is 9.52 Å². The summed E-state index contributed by atoms with van der Waals surface area (Å²) in [7, 11) is 0. The number of anilines is 1. The van der Waals surface area contributed by atoms with Gasteiger partial charge in [0.2, 0.25) is 5.91 Å². The van der Waals surface area contributed by atoms with E-state index in [0.717, 1.165) is 10.2 Å². The molecular formula is C22H21FN6O2S2. The van der Waals surface area contributed by atoms with Crippen LogP contribution in [0.2, 0.25) is 0 Å². The number of amides is 2. The van der Waals surface area contributed by atoms with Gasteiger partial charge in [0, 0.05) is 6.54 Å². The van der Waals surface area contributed by atoms with Gasteiger partial charge < -0.3 is 15.2 Å². The molecule has 1 atom stereocenters. The van der Waals surface area contributed by atoms with Crippen LogP contribution in [0.3, 0.4) is 0 Å². The first kappa shape index (κ1) is 22.9. The largest absolute Gasteiger partial charge is 0.342 e. The zero-order valence-electron chi connectivity index (χ0n) is 17.9. The van der Waals surface area contributed by atoms with Crippen LogP contribution in [-0.2, 0) is 11.3 Å². The molecule has 0 radical (unpaired) electrons. The van der Waals surface area contributed by atoms with Crippen LogP contribution >= 0.6 is 23.1 Å². The number of carbonyl (C=O) groups excluding carboxylic acids is 2.